The minimum atomic E-state index is -0.210. The molecule has 2 aliphatic heterocycles. The molecule has 0 fully saturated rings. The fraction of sp³-hybridized carbons (Fsp3) is 0.467. The maximum Gasteiger partial charge on any atom is 0.256 e. The van der Waals surface area contributed by atoms with E-state index < -0.39 is 0 Å². The van der Waals surface area contributed by atoms with Crippen LogP contribution in [0.3, 0.4) is 0 Å². The highest BCUT2D eigenvalue weighted by Crippen LogP contribution is 2.18. The number of hydrogen-bond donors (Lipinski definition) is 0. The first-order valence-corrected chi connectivity index (χ1v) is 6.75. The molecule has 0 spiro atoms. The monoisotopic (exact) mass is 292 g/mol. The molecule has 0 aromatic heterocycles. The second-order valence-corrected chi connectivity index (χ2v) is 5.43. The number of carbonyl (C=O) groups excluding carboxylic acids is 4. The number of hydrogen-bond acceptors (Lipinski definition) is 4. The van der Waals surface area contributed by atoms with Gasteiger partial charge in [0.15, 0.2) is 0 Å². The van der Waals surface area contributed by atoms with Gasteiger partial charge in [-0.05, 0) is 19.8 Å². The molecule has 0 radical (unpaired) electrons. The van der Waals surface area contributed by atoms with Crippen LogP contribution >= 0.6 is 0 Å². The van der Waals surface area contributed by atoms with Crippen LogP contribution in [0, 0.1) is 5.92 Å². The summed E-state index contributed by atoms with van der Waals surface area (Å²) in [5, 5.41) is 0. The van der Waals surface area contributed by atoms with Crippen molar-refractivity contribution >= 4 is 23.6 Å². The molecule has 4 amide bonds. The number of carbonyl (C=O) groups is 4. The minimum absolute atomic E-state index is 0.0324. The van der Waals surface area contributed by atoms with Crippen LogP contribution in [0.15, 0.2) is 23.8 Å². The van der Waals surface area contributed by atoms with Crippen LogP contribution in [-0.2, 0) is 19.2 Å². The molecule has 0 saturated heterocycles. The Hall–Kier alpha value is -2.24. The van der Waals surface area contributed by atoms with Crippen molar-refractivity contribution in [2.24, 2.45) is 5.92 Å². The first-order chi connectivity index (χ1) is 9.66. The fourth-order valence-corrected chi connectivity index (χ4v) is 1.92. The third-order valence-electron chi connectivity index (χ3n) is 3.14. The molecule has 0 N–H and O–H groups in total. The van der Waals surface area contributed by atoms with Gasteiger partial charge in [-0.3, -0.25) is 29.0 Å². The van der Waals surface area contributed by atoms with Crippen molar-refractivity contribution < 1.29 is 19.2 Å². The van der Waals surface area contributed by atoms with E-state index in [4.69, 9.17) is 0 Å². The summed E-state index contributed by atoms with van der Waals surface area (Å²) in [5.41, 5.74) is 0.609. The molecule has 21 heavy (non-hydrogen) atoms. The zero-order chi connectivity index (χ0) is 16.3. The van der Waals surface area contributed by atoms with Crippen molar-refractivity contribution in [2.75, 3.05) is 7.05 Å². The van der Waals surface area contributed by atoms with Gasteiger partial charge in [0, 0.05) is 36.9 Å². The van der Waals surface area contributed by atoms with E-state index in [0.29, 0.717) is 5.57 Å². The Balaban J connectivity index is 0.000000211. The Morgan fingerprint density at radius 3 is 1.52 bits per heavy atom. The minimum Gasteiger partial charge on any atom is -0.278 e. The van der Waals surface area contributed by atoms with E-state index in [-0.39, 0.29) is 35.6 Å². The van der Waals surface area contributed by atoms with Gasteiger partial charge in [-0.2, -0.15) is 0 Å². The lowest BCUT2D eigenvalue weighted by molar-refractivity contribution is -0.139. The van der Waals surface area contributed by atoms with E-state index in [1.165, 1.54) is 30.2 Å². The standard InChI is InChI=1S/C8H11NO2.C7H9NO2/c1-5(2)6-4-7(10)9(3)8(6)11;1-5(2)8-6(9)3-4-7(8)10/h4-5H,1-3H3;3-5H,1-2H3. The molecule has 0 aliphatic carbocycles. The first kappa shape index (κ1) is 16.8. The van der Waals surface area contributed by atoms with Gasteiger partial charge in [-0.1, -0.05) is 13.8 Å². The maximum absolute atomic E-state index is 11.2. The van der Waals surface area contributed by atoms with E-state index in [0.717, 1.165) is 4.90 Å². The molecule has 0 unspecified atom stereocenters. The van der Waals surface area contributed by atoms with E-state index in [2.05, 4.69) is 0 Å². The molecule has 2 rings (SSSR count). The summed E-state index contributed by atoms with van der Waals surface area (Å²) in [6, 6.07) is -0.0324. The average Bonchev–Trinajstić information content (AvgIpc) is 2.85. The lowest BCUT2D eigenvalue weighted by Gasteiger charge is -2.17. The summed E-state index contributed by atoms with van der Waals surface area (Å²) in [6.07, 6.45) is 4.00. The van der Waals surface area contributed by atoms with Gasteiger partial charge < -0.3 is 0 Å². The Morgan fingerprint density at radius 2 is 1.33 bits per heavy atom. The molecule has 114 valence electrons. The third-order valence-corrected chi connectivity index (χ3v) is 3.14. The quantitative estimate of drug-likeness (QED) is 0.708. The van der Waals surface area contributed by atoms with Crippen molar-refractivity contribution in [3.8, 4) is 0 Å². The van der Waals surface area contributed by atoms with Gasteiger partial charge in [0.25, 0.3) is 23.6 Å². The fourth-order valence-electron chi connectivity index (χ4n) is 1.92. The van der Waals surface area contributed by atoms with Crippen LogP contribution in [-0.4, -0.2) is 46.5 Å². The number of nitrogens with zero attached hydrogens (tertiary/aromatic N) is 2. The van der Waals surface area contributed by atoms with Crippen molar-refractivity contribution in [1.29, 1.82) is 0 Å². The number of rotatable bonds is 2. The van der Waals surface area contributed by atoms with Gasteiger partial charge in [0.1, 0.15) is 0 Å². The summed E-state index contributed by atoms with van der Waals surface area (Å²) in [7, 11) is 1.50. The summed E-state index contributed by atoms with van der Waals surface area (Å²) in [6.45, 7) is 7.41. The van der Waals surface area contributed by atoms with Gasteiger partial charge in [-0.25, -0.2) is 0 Å². The van der Waals surface area contributed by atoms with Crippen LogP contribution in [0.1, 0.15) is 27.7 Å². The highest BCUT2D eigenvalue weighted by molar-refractivity contribution is 6.16. The topological polar surface area (TPSA) is 74.8 Å². The SMILES string of the molecule is CC(C)C1=CC(=O)N(C)C1=O.CC(C)N1C(=O)C=CC1=O. The summed E-state index contributed by atoms with van der Waals surface area (Å²) >= 11 is 0. The molecule has 6 nitrogen and oxygen atoms in total. The van der Waals surface area contributed by atoms with Gasteiger partial charge >= 0.3 is 0 Å². The lowest BCUT2D eigenvalue weighted by Crippen LogP contribution is -2.36. The average molecular weight is 292 g/mol. The molecule has 0 bridgehead atoms. The largest absolute Gasteiger partial charge is 0.278 e. The van der Waals surface area contributed by atoms with Crippen LogP contribution in [0.4, 0.5) is 0 Å². The molecule has 0 atom stereocenters. The molecule has 6 heteroatoms. The smallest absolute Gasteiger partial charge is 0.256 e. The Labute approximate surface area is 124 Å². The molecule has 0 aromatic rings. The van der Waals surface area contributed by atoms with Crippen LogP contribution in [0.2, 0.25) is 0 Å². The normalized spacial score (nSPS) is 18.0. The molecule has 0 saturated carbocycles. The molecular formula is C15H20N2O4. The Morgan fingerprint density at radius 1 is 0.857 bits per heavy atom. The highest BCUT2D eigenvalue weighted by Gasteiger charge is 2.28. The van der Waals surface area contributed by atoms with E-state index >= 15 is 0 Å². The van der Waals surface area contributed by atoms with Crippen molar-refractivity contribution in [2.45, 2.75) is 33.7 Å². The molecule has 2 aliphatic rings. The summed E-state index contributed by atoms with van der Waals surface area (Å²) in [5.74, 6) is -0.653. The molecular weight excluding hydrogens is 272 g/mol. The van der Waals surface area contributed by atoms with Crippen molar-refractivity contribution in [1.82, 2.24) is 9.80 Å². The third kappa shape index (κ3) is 3.65. The van der Waals surface area contributed by atoms with Crippen LogP contribution in [0.25, 0.3) is 0 Å². The Kier molecular flexibility index (Phi) is 5.18. The van der Waals surface area contributed by atoms with E-state index in [1.807, 2.05) is 27.7 Å². The predicted octanol–water partition coefficient (Wildman–Crippen LogP) is 0.887. The number of imide groups is 2. The number of likely N-dealkylation sites (N-methyl/N-ethyl adjacent to an activating group) is 1. The van der Waals surface area contributed by atoms with Crippen molar-refractivity contribution in [3.63, 3.8) is 0 Å². The van der Waals surface area contributed by atoms with Crippen LogP contribution in [0.5, 0.6) is 0 Å². The second kappa shape index (κ2) is 6.47. The summed E-state index contributed by atoms with van der Waals surface area (Å²) < 4.78 is 0. The Bertz CT molecular complexity index is 526. The van der Waals surface area contributed by atoms with Crippen molar-refractivity contribution in [3.05, 3.63) is 23.8 Å². The van der Waals surface area contributed by atoms with E-state index in [1.54, 1.807) is 0 Å². The highest BCUT2D eigenvalue weighted by atomic mass is 16.2. The first-order valence-electron chi connectivity index (χ1n) is 6.75. The van der Waals surface area contributed by atoms with Gasteiger partial charge in [0.2, 0.25) is 0 Å². The zero-order valence-corrected chi connectivity index (χ0v) is 12.9. The second-order valence-electron chi connectivity index (χ2n) is 5.43. The molecule has 0 aromatic carbocycles. The number of amides is 4. The van der Waals surface area contributed by atoms with E-state index in [9.17, 15) is 19.2 Å². The lowest BCUT2D eigenvalue weighted by atomic mass is 10.0. The maximum atomic E-state index is 11.2. The van der Waals surface area contributed by atoms with Crippen LogP contribution < -0.4 is 0 Å². The van der Waals surface area contributed by atoms with Gasteiger partial charge in [0.05, 0.1) is 0 Å². The molecule has 2 heterocycles. The van der Waals surface area contributed by atoms with Gasteiger partial charge in [-0.15, -0.1) is 0 Å². The predicted molar refractivity (Wildman–Crippen MR) is 76.8 cm³/mol. The summed E-state index contributed by atoms with van der Waals surface area (Å²) in [4.78, 5) is 46.2. The zero-order valence-electron chi connectivity index (χ0n) is 12.9.